The van der Waals surface area contributed by atoms with Crippen LogP contribution < -0.4 is 5.32 Å². The average Bonchev–Trinajstić information content (AvgIpc) is 3.05. The lowest BCUT2D eigenvalue weighted by atomic mass is 10.2. The molecule has 0 spiro atoms. The highest BCUT2D eigenvalue weighted by molar-refractivity contribution is 8.00. The Kier molecular flexibility index (Phi) is 5.57. The lowest BCUT2D eigenvalue weighted by Gasteiger charge is -2.05. The monoisotopic (exact) mass is 369 g/mol. The van der Waals surface area contributed by atoms with Gasteiger partial charge in [-0.2, -0.15) is 0 Å². The van der Waals surface area contributed by atoms with Gasteiger partial charge >= 0.3 is 0 Å². The number of hydrogen-bond acceptors (Lipinski definition) is 6. The average molecular weight is 369 g/mol. The van der Waals surface area contributed by atoms with Crippen molar-refractivity contribution in [2.24, 2.45) is 0 Å². The maximum Gasteiger partial charge on any atom is 0.257 e. The Morgan fingerprint density at radius 1 is 1.04 bits per heavy atom. The van der Waals surface area contributed by atoms with Crippen LogP contribution >= 0.6 is 23.1 Å². The number of benzene rings is 2. The molecule has 1 amide bonds. The van der Waals surface area contributed by atoms with Gasteiger partial charge < -0.3 is 0 Å². The van der Waals surface area contributed by atoms with Crippen LogP contribution in [0.5, 0.6) is 0 Å². The summed E-state index contributed by atoms with van der Waals surface area (Å²) in [5, 5.41) is 11.7. The van der Waals surface area contributed by atoms with E-state index in [1.165, 1.54) is 23.1 Å². The molecule has 2 aromatic carbocycles. The van der Waals surface area contributed by atoms with E-state index < -0.39 is 0 Å². The van der Waals surface area contributed by atoms with Crippen LogP contribution in [0.1, 0.15) is 25.7 Å². The van der Waals surface area contributed by atoms with Gasteiger partial charge in [0.2, 0.25) is 5.13 Å². The molecule has 7 heteroatoms. The van der Waals surface area contributed by atoms with Crippen LogP contribution in [0.2, 0.25) is 0 Å². The molecule has 1 N–H and O–H groups in total. The molecule has 0 unspecified atom stereocenters. The van der Waals surface area contributed by atoms with Gasteiger partial charge in [-0.05, 0) is 25.1 Å². The van der Waals surface area contributed by atoms with E-state index in [2.05, 4.69) is 15.5 Å². The Balaban J connectivity index is 1.63. The lowest BCUT2D eigenvalue weighted by molar-refractivity contribution is 0.101. The van der Waals surface area contributed by atoms with Gasteiger partial charge in [-0.1, -0.05) is 47.7 Å². The van der Waals surface area contributed by atoms with Crippen molar-refractivity contribution in [3.63, 3.8) is 0 Å². The minimum atomic E-state index is -0.243. The molecule has 3 aromatic rings. The first-order chi connectivity index (χ1) is 12.1. The second kappa shape index (κ2) is 8.04. The summed E-state index contributed by atoms with van der Waals surface area (Å²) in [7, 11) is 0. The van der Waals surface area contributed by atoms with E-state index >= 15 is 0 Å². The molecular formula is C18H15N3O2S2. The van der Waals surface area contributed by atoms with Crippen molar-refractivity contribution in [2.75, 3.05) is 11.1 Å². The summed E-state index contributed by atoms with van der Waals surface area (Å²) < 4.78 is 0. The van der Waals surface area contributed by atoms with Crippen LogP contribution in [-0.2, 0) is 0 Å². The number of carbonyl (C=O) groups excluding carboxylic acids is 2. The summed E-state index contributed by atoms with van der Waals surface area (Å²) in [5.41, 5.74) is 1.21. The number of nitrogens with one attached hydrogen (secondary N) is 1. The first-order valence-electron chi connectivity index (χ1n) is 7.54. The van der Waals surface area contributed by atoms with Gasteiger partial charge in [0.1, 0.15) is 5.01 Å². The smallest absolute Gasteiger partial charge is 0.257 e. The lowest BCUT2D eigenvalue weighted by Crippen LogP contribution is -2.11. The van der Waals surface area contributed by atoms with Crippen LogP contribution in [0, 0.1) is 6.92 Å². The standard InChI is InChI=1S/C18H15N3O2S2/c1-12-20-21-18(25-12)19-17(23)14-8-5-9-15(10-14)24-11-16(22)13-6-3-2-4-7-13/h2-10H,11H2,1H3,(H,19,21,23). The highest BCUT2D eigenvalue weighted by Crippen LogP contribution is 2.22. The number of nitrogens with zero attached hydrogens (tertiary/aromatic N) is 2. The number of Topliss-reactive ketones (excluding diaryl/α,β-unsaturated/α-hetero) is 1. The van der Waals surface area contributed by atoms with Gasteiger partial charge in [0.25, 0.3) is 5.91 Å². The van der Waals surface area contributed by atoms with E-state index in [1.54, 1.807) is 30.3 Å². The van der Waals surface area contributed by atoms with Crippen molar-refractivity contribution in [1.29, 1.82) is 0 Å². The molecule has 0 fully saturated rings. The Bertz CT molecular complexity index is 894. The summed E-state index contributed by atoms with van der Waals surface area (Å²) in [6.45, 7) is 1.83. The van der Waals surface area contributed by atoms with Crippen LogP contribution in [0.25, 0.3) is 0 Å². The molecule has 0 atom stereocenters. The van der Waals surface area contributed by atoms with E-state index in [4.69, 9.17) is 0 Å². The quantitative estimate of drug-likeness (QED) is 0.524. The van der Waals surface area contributed by atoms with Crippen molar-refractivity contribution < 1.29 is 9.59 Å². The number of carbonyl (C=O) groups is 2. The van der Waals surface area contributed by atoms with Crippen LogP contribution in [0.3, 0.4) is 0 Å². The Morgan fingerprint density at radius 3 is 2.52 bits per heavy atom. The van der Waals surface area contributed by atoms with E-state index in [0.717, 1.165) is 9.90 Å². The molecule has 1 aromatic heterocycles. The molecule has 126 valence electrons. The van der Waals surface area contributed by atoms with Crippen molar-refractivity contribution in [3.8, 4) is 0 Å². The molecule has 0 saturated heterocycles. The first-order valence-corrected chi connectivity index (χ1v) is 9.34. The van der Waals surface area contributed by atoms with Crippen LogP contribution in [0.15, 0.2) is 59.5 Å². The van der Waals surface area contributed by atoms with Gasteiger partial charge in [0, 0.05) is 16.0 Å². The van der Waals surface area contributed by atoms with E-state index in [9.17, 15) is 9.59 Å². The van der Waals surface area contributed by atoms with E-state index in [-0.39, 0.29) is 11.7 Å². The van der Waals surface area contributed by atoms with Gasteiger partial charge in [0.05, 0.1) is 5.75 Å². The molecule has 0 saturated carbocycles. The van der Waals surface area contributed by atoms with Gasteiger partial charge in [-0.25, -0.2) is 0 Å². The second-order valence-electron chi connectivity index (χ2n) is 5.19. The van der Waals surface area contributed by atoms with Crippen molar-refractivity contribution in [2.45, 2.75) is 11.8 Å². The third-order valence-electron chi connectivity index (χ3n) is 3.31. The highest BCUT2D eigenvalue weighted by Gasteiger charge is 2.11. The normalized spacial score (nSPS) is 10.4. The maximum absolute atomic E-state index is 12.3. The third kappa shape index (κ3) is 4.74. The third-order valence-corrected chi connectivity index (χ3v) is 5.06. The fourth-order valence-electron chi connectivity index (χ4n) is 2.10. The molecule has 0 bridgehead atoms. The number of ketones is 1. The van der Waals surface area contributed by atoms with Crippen LogP contribution in [0.4, 0.5) is 5.13 Å². The predicted molar refractivity (Wildman–Crippen MR) is 101 cm³/mol. The molecule has 0 radical (unpaired) electrons. The van der Waals surface area contributed by atoms with E-state index in [1.807, 2.05) is 31.2 Å². The number of aromatic nitrogens is 2. The molecule has 5 nitrogen and oxygen atoms in total. The Labute approximate surface area is 153 Å². The molecule has 0 aliphatic heterocycles. The van der Waals surface area contributed by atoms with Crippen molar-refractivity contribution in [3.05, 3.63) is 70.7 Å². The molecule has 3 rings (SSSR count). The van der Waals surface area contributed by atoms with Gasteiger partial charge in [-0.15, -0.1) is 22.0 Å². The fraction of sp³-hybridized carbons (Fsp3) is 0.111. The van der Waals surface area contributed by atoms with Crippen molar-refractivity contribution in [1.82, 2.24) is 10.2 Å². The van der Waals surface area contributed by atoms with Gasteiger partial charge in [-0.3, -0.25) is 14.9 Å². The molecule has 0 aliphatic carbocycles. The summed E-state index contributed by atoms with van der Waals surface area (Å²) in [5.74, 6) is 0.141. The van der Waals surface area contributed by atoms with Gasteiger partial charge in [0.15, 0.2) is 5.78 Å². The number of anilines is 1. The number of rotatable bonds is 6. The summed E-state index contributed by atoms with van der Waals surface area (Å²) >= 11 is 2.73. The summed E-state index contributed by atoms with van der Waals surface area (Å²) in [6.07, 6.45) is 0. The number of aryl methyl sites for hydroxylation is 1. The minimum Gasteiger partial charge on any atom is -0.296 e. The number of amides is 1. The second-order valence-corrected chi connectivity index (χ2v) is 7.42. The largest absolute Gasteiger partial charge is 0.296 e. The molecule has 0 aliphatic rings. The maximum atomic E-state index is 12.3. The van der Waals surface area contributed by atoms with Crippen molar-refractivity contribution >= 4 is 39.9 Å². The molecular weight excluding hydrogens is 354 g/mol. The topological polar surface area (TPSA) is 72.0 Å². The summed E-state index contributed by atoms with van der Waals surface area (Å²) in [4.78, 5) is 25.3. The van der Waals surface area contributed by atoms with Crippen LogP contribution in [-0.4, -0.2) is 27.6 Å². The van der Waals surface area contributed by atoms with E-state index in [0.29, 0.717) is 22.0 Å². The Hall–Kier alpha value is -2.51. The molecule has 1 heterocycles. The summed E-state index contributed by atoms with van der Waals surface area (Å²) in [6, 6.07) is 16.4. The number of thioether (sulfide) groups is 1. The zero-order chi connectivity index (χ0) is 17.6. The fourth-order valence-corrected chi connectivity index (χ4v) is 3.54. The molecule has 25 heavy (non-hydrogen) atoms. The first kappa shape index (κ1) is 17.3. The minimum absolute atomic E-state index is 0.0600. The number of hydrogen-bond donors (Lipinski definition) is 1. The zero-order valence-corrected chi connectivity index (χ0v) is 15.1. The Morgan fingerprint density at radius 2 is 1.80 bits per heavy atom. The zero-order valence-electron chi connectivity index (χ0n) is 13.4. The predicted octanol–water partition coefficient (Wildman–Crippen LogP) is 4.07. The highest BCUT2D eigenvalue weighted by atomic mass is 32.2. The SMILES string of the molecule is Cc1nnc(NC(=O)c2cccc(SCC(=O)c3ccccc3)c2)s1.